The van der Waals surface area contributed by atoms with Gasteiger partial charge in [0.1, 0.15) is 17.4 Å². The van der Waals surface area contributed by atoms with Gasteiger partial charge in [-0.2, -0.15) is 0 Å². The molecular formula is C22H23ClN2O4. The van der Waals surface area contributed by atoms with Gasteiger partial charge in [0.2, 0.25) is 5.88 Å². The van der Waals surface area contributed by atoms with Gasteiger partial charge < -0.3 is 14.6 Å². The van der Waals surface area contributed by atoms with Crippen LogP contribution in [0.4, 0.5) is 0 Å². The van der Waals surface area contributed by atoms with Crippen LogP contribution in [0.3, 0.4) is 0 Å². The Morgan fingerprint density at radius 2 is 2.00 bits per heavy atom. The third kappa shape index (κ3) is 4.95. The summed E-state index contributed by atoms with van der Waals surface area (Å²) in [6.45, 7) is 4.14. The number of hydrogen-bond acceptors (Lipinski definition) is 6. The summed E-state index contributed by atoms with van der Waals surface area (Å²) in [6, 6.07) is 9.73. The zero-order chi connectivity index (χ0) is 20.8. The Morgan fingerprint density at radius 3 is 2.62 bits per heavy atom. The molecule has 0 fully saturated rings. The molecule has 2 aromatic rings. The molecule has 0 atom stereocenters. The van der Waals surface area contributed by atoms with Crippen molar-refractivity contribution in [1.82, 2.24) is 4.98 Å². The minimum Gasteiger partial charge on any atom is -0.506 e. The Labute approximate surface area is 174 Å². The molecule has 1 aliphatic carbocycles. The van der Waals surface area contributed by atoms with E-state index in [0.29, 0.717) is 12.4 Å². The quantitative estimate of drug-likeness (QED) is 0.318. The first kappa shape index (κ1) is 20.9. The number of aliphatic hydroxyl groups is 1. The van der Waals surface area contributed by atoms with Crippen LogP contribution in [0.5, 0.6) is 5.88 Å². The van der Waals surface area contributed by atoms with Gasteiger partial charge in [0.05, 0.1) is 17.8 Å². The molecule has 0 amide bonds. The Bertz CT molecular complexity index is 931. The Morgan fingerprint density at radius 1 is 1.31 bits per heavy atom. The standard InChI is InChI=1S/C22H23ClN2O4/c1-3-24-12-18(22(27)28-4-2)21(26)17-11-20(25-13-19(17)23)29-16-9-14-7-5-6-8-15(14)10-16/h5-8,11-13,16,26H,3-4,9-10H2,1-2H3/b21-18-,24-12?. The van der Waals surface area contributed by atoms with Gasteiger partial charge in [0.15, 0.2) is 0 Å². The number of aliphatic hydroxyl groups excluding tert-OH is 1. The molecule has 6 nitrogen and oxygen atoms in total. The topological polar surface area (TPSA) is 81.0 Å². The number of rotatable bonds is 7. The van der Waals surface area contributed by atoms with Crippen LogP contribution in [-0.2, 0) is 22.4 Å². The molecule has 3 rings (SSSR count). The first-order valence-corrected chi connectivity index (χ1v) is 9.90. The van der Waals surface area contributed by atoms with E-state index in [1.165, 1.54) is 29.6 Å². The van der Waals surface area contributed by atoms with E-state index >= 15 is 0 Å². The summed E-state index contributed by atoms with van der Waals surface area (Å²) in [6.07, 6.45) is 4.21. The molecule has 1 aromatic heterocycles. The van der Waals surface area contributed by atoms with E-state index in [0.717, 1.165) is 12.8 Å². The van der Waals surface area contributed by atoms with E-state index < -0.39 is 5.97 Å². The molecule has 0 unspecified atom stereocenters. The largest absolute Gasteiger partial charge is 0.506 e. The number of hydrogen-bond donors (Lipinski definition) is 1. The zero-order valence-electron chi connectivity index (χ0n) is 16.4. The molecule has 0 saturated carbocycles. The monoisotopic (exact) mass is 414 g/mol. The fraction of sp³-hybridized carbons (Fsp3) is 0.318. The molecule has 0 radical (unpaired) electrons. The summed E-state index contributed by atoms with van der Waals surface area (Å²) in [4.78, 5) is 20.5. The number of benzene rings is 1. The smallest absolute Gasteiger partial charge is 0.343 e. The van der Waals surface area contributed by atoms with Crippen molar-refractivity contribution in [3.8, 4) is 5.88 Å². The van der Waals surface area contributed by atoms with E-state index in [1.54, 1.807) is 6.92 Å². The predicted octanol–water partition coefficient (Wildman–Crippen LogP) is 4.20. The summed E-state index contributed by atoms with van der Waals surface area (Å²) in [5, 5.41) is 10.9. The molecular weight excluding hydrogens is 392 g/mol. The summed E-state index contributed by atoms with van der Waals surface area (Å²) in [5.74, 6) is -0.680. The third-order valence-electron chi connectivity index (χ3n) is 4.54. The van der Waals surface area contributed by atoms with Crippen LogP contribution >= 0.6 is 11.6 Å². The van der Waals surface area contributed by atoms with E-state index in [2.05, 4.69) is 22.1 Å². The maximum atomic E-state index is 12.2. The molecule has 1 aromatic carbocycles. The second-order valence-corrected chi connectivity index (χ2v) is 6.94. The lowest BCUT2D eigenvalue weighted by molar-refractivity contribution is -0.137. The number of ether oxygens (including phenoxy) is 2. The molecule has 1 N–H and O–H groups in total. The van der Waals surface area contributed by atoms with Gasteiger partial charge in [-0.15, -0.1) is 0 Å². The lowest BCUT2D eigenvalue weighted by Crippen LogP contribution is -2.17. The molecule has 0 aliphatic heterocycles. The normalized spacial score (nSPS) is 14.6. The lowest BCUT2D eigenvalue weighted by Gasteiger charge is -2.14. The minimum absolute atomic E-state index is 0.0498. The maximum absolute atomic E-state index is 12.2. The summed E-state index contributed by atoms with van der Waals surface area (Å²) in [5.41, 5.74) is 2.68. The number of carbonyl (C=O) groups is 1. The fourth-order valence-electron chi connectivity index (χ4n) is 3.19. The van der Waals surface area contributed by atoms with E-state index in [9.17, 15) is 9.90 Å². The van der Waals surface area contributed by atoms with E-state index in [1.807, 2.05) is 19.1 Å². The molecule has 7 heteroatoms. The number of carbonyl (C=O) groups excluding carboxylic acids is 1. The van der Waals surface area contributed by atoms with Gasteiger partial charge in [0, 0.05) is 37.2 Å². The SMILES string of the molecule is CCN=C/C(C(=O)OCC)=C(/O)c1cc(OC2Cc3ccccc3C2)ncc1Cl. The van der Waals surface area contributed by atoms with Gasteiger partial charge in [-0.05, 0) is 25.0 Å². The van der Waals surface area contributed by atoms with Crippen molar-refractivity contribution in [2.45, 2.75) is 32.8 Å². The molecule has 1 heterocycles. The molecule has 29 heavy (non-hydrogen) atoms. The number of esters is 1. The zero-order valence-corrected chi connectivity index (χ0v) is 17.1. The highest BCUT2D eigenvalue weighted by Crippen LogP contribution is 2.30. The summed E-state index contributed by atoms with van der Waals surface area (Å²) < 4.78 is 11.0. The van der Waals surface area contributed by atoms with Crippen LogP contribution in [0, 0.1) is 0 Å². The highest BCUT2D eigenvalue weighted by molar-refractivity contribution is 6.32. The van der Waals surface area contributed by atoms with Crippen LogP contribution in [0.1, 0.15) is 30.5 Å². The predicted molar refractivity (Wildman–Crippen MR) is 113 cm³/mol. The second-order valence-electron chi connectivity index (χ2n) is 6.53. The third-order valence-corrected chi connectivity index (χ3v) is 4.84. The van der Waals surface area contributed by atoms with Crippen LogP contribution in [0.2, 0.25) is 5.02 Å². The van der Waals surface area contributed by atoms with Crippen LogP contribution in [0.25, 0.3) is 5.76 Å². The van der Waals surface area contributed by atoms with Crippen molar-refractivity contribution in [2.75, 3.05) is 13.2 Å². The number of aromatic nitrogens is 1. The molecule has 0 saturated heterocycles. The summed E-state index contributed by atoms with van der Waals surface area (Å²) in [7, 11) is 0. The van der Waals surface area contributed by atoms with E-state index in [4.69, 9.17) is 21.1 Å². The minimum atomic E-state index is -0.677. The van der Waals surface area contributed by atoms with Gasteiger partial charge in [-0.25, -0.2) is 9.78 Å². The first-order valence-electron chi connectivity index (χ1n) is 9.53. The van der Waals surface area contributed by atoms with Crippen molar-refractivity contribution in [2.24, 2.45) is 4.99 Å². The van der Waals surface area contributed by atoms with Crippen molar-refractivity contribution >= 4 is 29.5 Å². The van der Waals surface area contributed by atoms with Crippen LogP contribution in [0.15, 0.2) is 47.1 Å². The van der Waals surface area contributed by atoms with Crippen LogP contribution < -0.4 is 4.74 Å². The van der Waals surface area contributed by atoms with Crippen LogP contribution in [-0.4, -0.2) is 41.5 Å². The van der Waals surface area contributed by atoms with Crippen molar-refractivity contribution in [1.29, 1.82) is 0 Å². The van der Waals surface area contributed by atoms with Gasteiger partial charge in [-0.1, -0.05) is 35.9 Å². The molecule has 0 spiro atoms. The highest BCUT2D eigenvalue weighted by atomic mass is 35.5. The fourth-order valence-corrected chi connectivity index (χ4v) is 3.38. The number of pyridine rings is 1. The molecule has 152 valence electrons. The molecule has 0 bridgehead atoms. The Kier molecular flexibility index (Phi) is 6.88. The average Bonchev–Trinajstić information content (AvgIpc) is 3.12. The number of halogens is 1. The van der Waals surface area contributed by atoms with Gasteiger partial charge in [0.25, 0.3) is 0 Å². The van der Waals surface area contributed by atoms with Crippen molar-refractivity contribution in [3.63, 3.8) is 0 Å². The lowest BCUT2D eigenvalue weighted by atomic mass is 10.1. The summed E-state index contributed by atoms with van der Waals surface area (Å²) >= 11 is 6.23. The maximum Gasteiger partial charge on any atom is 0.343 e. The van der Waals surface area contributed by atoms with Gasteiger partial charge >= 0.3 is 5.97 Å². The Hall–Kier alpha value is -2.86. The van der Waals surface area contributed by atoms with E-state index in [-0.39, 0.29) is 34.6 Å². The average molecular weight is 415 g/mol. The van der Waals surface area contributed by atoms with Crippen molar-refractivity contribution < 1.29 is 19.4 Å². The first-order chi connectivity index (χ1) is 14.0. The second kappa shape index (κ2) is 9.56. The highest BCUT2D eigenvalue weighted by Gasteiger charge is 2.24. The van der Waals surface area contributed by atoms with Gasteiger partial charge in [-0.3, -0.25) is 4.99 Å². The van der Waals surface area contributed by atoms with Crippen molar-refractivity contribution in [3.05, 3.63) is 63.8 Å². The number of nitrogens with zero attached hydrogens (tertiary/aromatic N) is 2. The molecule has 1 aliphatic rings. The Balaban J connectivity index is 1.87. The number of fused-ring (bicyclic) bond motifs is 1. The number of aliphatic imine (C=N–C) groups is 1.